The first-order valence-corrected chi connectivity index (χ1v) is 11.7. The average Bonchev–Trinajstić information content (AvgIpc) is 3.18. The minimum Gasteiger partial charge on any atom is -0.367 e. The summed E-state index contributed by atoms with van der Waals surface area (Å²) >= 11 is 0. The van der Waals surface area contributed by atoms with Crippen LogP contribution in [0.1, 0.15) is 54.7 Å². The number of rotatable bonds is 7. The minimum absolute atomic E-state index is 0.00367. The second kappa shape index (κ2) is 9.47. The van der Waals surface area contributed by atoms with Crippen LogP contribution in [-0.4, -0.2) is 34.7 Å². The van der Waals surface area contributed by atoms with E-state index in [1.807, 2.05) is 67.6 Å². The van der Waals surface area contributed by atoms with E-state index in [0.29, 0.717) is 16.8 Å². The number of ketones is 1. The zero-order chi connectivity index (χ0) is 25.3. The van der Waals surface area contributed by atoms with Gasteiger partial charge in [0.05, 0.1) is 5.71 Å². The highest BCUT2D eigenvalue weighted by Gasteiger charge is 2.29. The molecule has 6 nitrogen and oxygen atoms in total. The van der Waals surface area contributed by atoms with Gasteiger partial charge >= 0.3 is 5.97 Å². The van der Waals surface area contributed by atoms with Crippen LogP contribution >= 0.6 is 0 Å². The molecule has 0 spiro atoms. The van der Waals surface area contributed by atoms with Crippen LogP contribution in [0, 0.1) is 6.92 Å². The van der Waals surface area contributed by atoms with E-state index < -0.39 is 11.6 Å². The van der Waals surface area contributed by atoms with Crippen LogP contribution in [-0.2, 0) is 20.9 Å². The Labute approximate surface area is 205 Å². The number of methoxy groups -OCH3 is 1. The van der Waals surface area contributed by atoms with Crippen LogP contribution in [0.25, 0.3) is 21.8 Å². The average molecular weight is 471 g/mol. The van der Waals surface area contributed by atoms with Gasteiger partial charge in [0.1, 0.15) is 0 Å². The van der Waals surface area contributed by atoms with Gasteiger partial charge in [-0.05, 0) is 76.1 Å². The van der Waals surface area contributed by atoms with E-state index in [4.69, 9.17) is 9.57 Å². The highest BCUT2D eigenvalue weighted by molar-refractivity contribution is 6.16. The van der Waals surface area contributed by atoms with Crippen molar-refractivity contribution in [3.63, 3.8) is 0 Å². The van der Waals surface area contributed by atoms with Crippen molar-refractivity contribution in [2.24, 2.45) is 5.16 Å². The molecule has 0 aliphatic rings. The van der Waals surface area contributed by atoms with Crippen molar-refractivity contribution in [2.75, 3.05) is 7.11 Å². The first-order valence-electron chi connectivity index (χ1n) is 11.7. The second-order valence-corrected chi connectivity index (χ2v) is 9.12. The molecule has 4 aromatic rings. The highest BCUT2D eigenvalue weighted by Crippen LogP contribution is 2.31. The van der Waals surface area contributed by atoms with E-state index >= 15 is 0 Å². The largest absolute Gasteiger partial charge is 0.367 e. The number of oxime groups is 1. The molecule has 0 unspecified atom stereocenters. The molecular weight excluding hydrogens is 440 g/mol. The van der Waals surface area contributed by atoms with Crippen molar-refractivity contribution in [3.05, 3.63) is 82.9 Å². The Balaban J connectivity index is 1.79. The molecule has 0 saturated carbocycles. The smallest absolute Gasteiger partial charge is 0.365 e. The van der Waals surface area contributed by atoms with Crippen LogP contribution in [0.4, 0.5) is 0 Å². The van der Waals surface area contributed by atoms with Gasteiger partial charge < -0.3 is 14.1 Å². The van der Waals surface area contributed by atoms with E-state index in [0.717, 1.165) is 39.5 Å². The fraction of sp³-hybridized carbons (Fsp3) is 0.276. The predicted molar refractivity (Wildman–Crippen MR) is 139 cm³/mol. The van der Waals surface area contributed by atoms with E-state index in [9.17, 15) is 9.59 Å². The number of carbonyl (C=O) groups excluding carboxylic acids is 2. The maximum atomic E-state index is 13.3. The first-order chi connectivity index (χ1) is 16.7. The Hall–Kier alpha value is -3.77. The summed E-state index contributed by atoms with van der Waals surface area (Å²) in [7, 11) is 1.45. The lowest BCUT2D eigenvalue weighted by Gasteiger charge is -2.18. The molecule has 0 amide bonds. The zero-order valence-electron chi connectivity index (χ0n) is 21.0. The molecule has 3 aromatic carbocycles. The Morgan fingerprint density at radius 1 is 0.943 bits per heavy atom. The monoisotopic (exact) mass is 470 g/mol. The number of ether oxygens (including phenoxy) is 1. The summed E-state index contributed by atoms with van der Waals surface area (Å²) in [6.07, 6.45) is 0. The molecule has 1 aromatic heterocycles. The van der Waals surface area contributed by atoms with Crippen LogP contribution in [0.2, 0.25) is 0 Å². The molecule has 0 aliphatic heterocycles. The first kappa shape index (κ1) is 24.4. The third kappa shape index (κ3) is 4.49. The van der Waals surface area contributed by atoms with Gasteiger partial charge in [-0.1, -0.05) is 35.5 Å². The lowest BCUT2D eigenvalue weighted by atomic mass is 9.97. The van der Waals surface area contributed by atoms with Gasteiger partial charge in [0.15, 0.2) is 11.4 Å². The molecule has 0 radical (unpaired) electrons. The summed E-state index contributed by atoms with van der Waals surface area (Å²) in [6, 6.07) is 19.5. The topological polar surface area (TPSA) is 69.9 Å². The fourth-order valence-corrected chi connectivity index (χ4v) is 4.15. The van der Waals surface area contributed by atoms with Crippen LogP contribution in [0.3, 0.4) is 0 Å². The molecule has 180 valence electrons. The molecule has 6 heteroatoms. The number of benzene rings is 3. The lowest BCUT2D eigenvalue weighted by molar-refractivity contribution is -0.165. The summed E-state index contributed by atoms with van der Waals surface area (Å²) in [5, 5.41) is 6.05. The van der Waals surface area contributed by atoms with Crippen LogP contribution in [0.5, 0.6) is 0 Å². The molecule has 1 heterocycles. The number of aromatic nitrogens is 1. The number of fused-ring (bicyclic) bond motifs is 3. The Bertz CT molecular complexity index is 1480. The highest BCUT2D eigenvalue weighted by atomic mass is 16.7. The van der Waals surface area contributed by atoms with E-state index in [2.05, 4.69) is 16.6 Å². The summed E-state index contributed by atoms with van der Waals surface area (Å²) in [6.45, 7) is 9.89. The van der Waals surface area contributed by atoms with E-state index in [1.54, 1.807) is 20.8 Å². The van der Waals surface area contributed by atoms with Gasteiger partial charge in [0, 0.05) is 46.6 Å². The van der Waals surface area contributed by atoms with Crippen molar-refractivity contribution >= 4 is 39.3 Å². The number of hydrogen-bond donors (Lipinski definition) is 0. The number of aryl methyl sites for hydroxylation is 2. The maximum absolute atomic E-state index is 13.3. The van der Waals surface area contributed by atoms with Crippen molar-refractivity contribution in [2.45, 2.75) is 46.8 Å². The molecule has 0 saturated heterocycles. The summed E-state index contributed by atoms with van der Waals surface area (Å²) < 4.78 is 7.38. The van der Waals surface area contributed by atoms with Crippen molar-refractivity contribution in [1.29, 1.82) is 0 Å². The Kier molecular flexibility index (Phi) is 6.59. The third-order valence-electron chi connectivity index (χ3n) is 6.52. The van der Waals surface area contributed by atoms with E-state index in [-0.39, 0.29) is 5.78 Å². The number of nitrogens with zero attached hydrogens (tertiary/aromatic N) is 2. The minimum atomic E-state index is -1.08. The second-order valence-electron chi connectivity index (χ2n) is 9.12. The zero-order valence-corrected chi connectivity index (χ0v) is 21.0. The summed E-state index contributed by atoms with van der Waals surface area (Å²) in [4.78, 5) is 30.6. The van der Waals surface area contributed by atoms with E-state index in [1.165, 1.54) is 7.11 Å². The number of hydrogen-bond acceptors (Lipinski definition) is 5. The van der Waals surface area contributed by atoms with Crippen LogP contribution < -0.4 is 0 Å². The van der Waals surface area contributed by atoms with Gasteiger partial charge in [-0.3, -0.25) is 4.79 Å². The maximum Gasteiger partial charge on any atom is 0.365 e. The van der Waals surface area contributed by atoms with Crippen molar-refractivity contribution in [3.8, 4) is 0 Å². The quantitative estimate of drug-likeness (QED) is 0.143. The van der Waals surface area contributed by atoms with Gasteiger partial charge in [0.25, 0.3) is 0 Å². The Morgan fingerprint density at radius 2 is 1.54 bits per heavy atom. The van der Waals surface area contributed by atoms with Gasteiger partial charge in [0.2, 0.25) is 0 Å². The molecule has 0 N–H and O–H groups in total. The van der Waals surface area contributed by atoms with Gasteiger partial charge in [-0.2, -0.15) is 0 Å². The SMILES string of the molecule is CCn1c2ccc(C(=O)c3ccccc3C)cc2c2cc(/C(C)=N/OC(=O)C(C)(C)OC)ccc21. The summed E-state index contributed by atoms with van der Waals surface area (Å²) in [5.41, 5.74) is 4.74. The molecule has 0 fully saturated rings. The molecule has 0 bridgehead atoms. The predicted octanol–water partition coefficient (Wildman–Crippen LogP) is 6.05. The van der Waals surface area contributed by atoms with Gasteiger partial charge in [-0.15, -0.1) is 0 Å². The molecule has 4 rings (SSSR count). The van der Waals surface area contributed by atoms with Crippen molar-refractivity contribution < 1.29 is 19.2 Å². The Morgan fingerprint density at radius 3 is 2.14 bits per heavy atom. The standard InChI is InChI=1S/C29H30N2O4/c1-7-31-25-14-12-20(19(3)30-35-28(33)29(4,5)34-6)16-23(25)24-17-21(13-15-26(24)31)27(32)22-11-9-8-10-18(22)2/h8-17H,7H2,1-6H3/b30-19+. The number of carbonyl (C=O) groups is 2. The molecular formula is C29H30N2O4. The van der Waals surface area contributed by atoms with Gasteiger partial charge in [-0.25, -0.2) is 4.79 Å². The third-order valence-corrected chi connectivity index (χ3v) is 6.52. The van der Waals surface area contributed by atoms with Crippen LogP contribution in [0.15, 0.2) is 65.8 Å². The molecule has 0 atom stereocenters. The molecule has 0 aliphatic carbocycles. The molecule has 35 heavy (non-hydrogen) atoms. The normalized spacial score (nSPS) is 12.3. The lowest BCUT2D eigenvalue weighted by Crippen LogP contribution is -2.34. The summed E-state index contributed by atoms with van der Waals surface area (Å²) in [5.74, 6) is -0.564. The fourth-order valence-electron chi connectivity index (χ4n) is 4.15. The van der Waals surface area contributed by atoms with Crippen molar-refractivity contribution in [1.82, 2.24) is 4.57 Å².